The number of fused-ring (bicyclic) bond motifs is 18. The van der Waals surface area contributed by atoms with E-state index in [9.17, 15) is 0 Å². The fourth-order valence-electron chi connectivity index (χ4n) is 11.5. The van der Waals surface area contributed by atoms with Crippen molar-refractivity contribution in [1.82, 2.24) is 33.6 Å². The lowest BCUT2D eigenvalue weighted by atomic mass is 9.66. The molecule has 0 radical (unpaired) electrons. The van der Waals surface area contributed by atoms with Crippen LogP contribution in [0, 0.1) is 6.57 Å². The molecule has 1 aliphatic carbocycles. The first-order valence-corrected chi connectivity index (χ1v) is 22.2. The van der Waals surface area contributed by atoms with Crippen molar-refractivity contribution in [1.29, 1.82) is 0 Å². The van der Waals surface area contributed by atoms with Crippen molar-refractivity contribution >= 4 is 71.1 Å². The van der Waals surface area contributed by atoms with Crippen molar-refractivity contribution in [3.05, 3.63) is 229 Å². The molecule has 2 aliphatic rings. The van der Waals surface area contributed by atoms with Crippen molar-refractivity contribution in [2.24, 2.45) is 0 Å². The maximum absolute atomic E-state index is 7.78. The zero-order chi connectivity index (χ0) is 44.0. The number of benzene rings is 6. The molecule has 0 saturated carbocycles. The number of aromatic nitrogens is 7. The summed E-state index contributed by atoms with van der Waals surface area (Å²) >= 11 is 0. The second-order valence-electron chi connectivity index (χ2n) is 17.4. The van der Waals surface area contributed by atoms with Gasteiger partial charge in [-0.1, -0.05) is 66.7 Å². The first-order chi connectivity index (χ1) is 33.2. The third kappa shape index (κ3) is 4.65. The smallest absolute Gasteiger partial charge is 0.188 e. The van der Waals surface area contributed by atoms with E-state index in [-0.39, 0.29) is 0 Å². The molecule has 67 heavy (non-hydrogen) atoms. The lowest BCUT2D eigenvalue weighted by molar-refractivity contribution is 0.436. The van der Waals surface area contributed by atoms with E-state index in [1.54, 1.807) is 0 Å². The summed E-state index contributed by atoms with van der Waals surface area (Å²) in [5.41, 5.74) is 14.8. The average Bonchev–Trinajstić information content (AvgIpc) is 4.10. The predicted molar refractivity (Wildman–Crippen MR) is 264 cm³/mol. The van der Waals surface area contributed by atoms with Gasteiger partial charge in [0.15, 0.2) is 5.69 Å². The quantitative estimate of drug-likeness (QED) is 0.165. The van der Waals surface area contributed by atoms with Crippen LogP contribution in [-0.2, 0) is 5.41 Å². The van der Waals surface area contributed by atoms with Crippen LogP contribution in [0.4, 0.5) is 5.69 Å². The number of hydrogen-bond acceptors (Lipinski definition) is 5. The largest absolute Gasteiger partial charge is 0.457 e. The summed E-state index contributed by atoms with van der Waals surface area (Å²) in [7, 11) is 0. The summed E-state index contributed by atoms with van der Waals surface area (Å²) in [6.07, 6.45) is 11.4. The van der Waals surface area contributed by atoms with Crippen LogP contribution >= 0.6 is 0 Å². The van der Waals surface area contributed by atoms with Gasteiger partial charge in [-0.05, 0) is 102 Å². The molecule has 0 bridgehead atoms. The molecule has 15 rings (SSSR count). The number of ether oxygens (including phenoxy) is 1. The van der Waals surface area contributed by atoms with Crippen molar-refractivity contribution < 1.29 is 4.74 Å². The van der Waals surface area contributed by atoms with Gasteiger partial charge in [0, 0.05) is 73.6 Å². The molecule has 8 heterocycles. The molecule has 6 aromatic carbocycles. The minimum Gasteiger partial charge on any atom is -0.457 e. The second kappa shape index (κ2) is 13.1. The van der Waals surface area contributed by atoms with Gasteiger partial charge in [-0.3, -0.25) is 19.9 Å². The molecule has 1 atom stereocenters. The highest BCUT2D eigenvalue weighted by atomic mass is 16.5. The highest BCUT2D eigenvalue weighted by Gasteiger charge is 2.53. The molecule has 9 nitrogen and oxygen atoms in total. The molecule has 1 aliphatic heterocycles. The third-order valence-electron chi connectivity index (χ3n) is 14.2. The molecule has 0 amide bonds. The second-order valence-corrected chi connectivity index (χ2v) is 17.4. The minimum atomic E-state index is -0.845. The molecule has 0 fully saturated rings. The van der Waals surface area contributed by atoms with Crippen molar-refractivity contribution in [3.8, 4) is 39.9 Å². The zero-order valence-corrected chi connectivity index (χ0v) is 35.5. The number of rotatable bonds is 3. The summed E-state index contributed by atoms with van der Waals surface area (Å²) in [5.74, 6) is 1.56. The first kappa shape index (κ1) is 36.0. The van der Waals surface area contributed by atoms with E-state index in [0.29, 0.717) is 5.69 Å². The van der Waals surface area contributed by atoms with Crippen LogP contribution < -0.4 is 4.74 Å². The third-order valence-corrected chi connectivity index (χ3v) is 14.2. The van der Waals surface area contributed by atoms with Gasteiger partial charge in [0.05, 0.1) is 80.8 Å². The van der Waals surface area contributed by atoms with E-state index in [1.807, 2.05) is 61.4 Å². The van der Waals surface area contributed by atoms with Crippen LogP contribution in [0.5, 0.6) is 11.5 Å². The average molecular weight is 857 g/mol. The Kier molecular flexibility index (Phi) is 7.04. The van der Waals surface area contributed by atoms with Gasteiger partial charge in [0.25, 0.3) is 0 Å². The van der Waals surface area contributed by atoms with Crippen molar-refractivity contribution in [2.45, 2.75) is 5.41 Å². The Hall–Kier alpha value is -9.39. The minimum absolute atomic E-state index is 0.608. The number of nitrogens with zero attached hydrogens (tertiary/aromatic N) is 8. The van der Waals surface area contributed by atoms with Crippen LogP contribution in [0.2, 0.25) is 0 Å². The van der Waals surface area contributed by atoms with Gasteiger partial charge in [0.2, 0.25) is 0 Å². The van der Waals surface area contributed by atoms with Crippen molar-refractivity contribution in [3.63, 3.8) is 0 Å². The standard InChI is InChI=1S/C58H32N8O/c1-59-34-16-19-50-42(27-34)38-9-2-6-14-49(38)66(50)37-30-47-57(63-31-37)56-45(12-8-24-62-56)58(47)44-11-4-7-15-54(44)67-55-21-18-36(29-46(55)58)64-48-13-5-3-10-39(48)43-28-35(17-20-51(43)64)65-52-32-60-25-22-40(52)41-23-26-61-33-53(41)65/h2-33H. The van der Waals surface area contributed by atoms with E-state index in [0.717, 1.165) is 128 Å². The molecule has 9 heteroatoms. The molecule has 0 saturated heterocycles. The first-order valence-electron chi connectivity index (χ1n) is 22.2. The Morgan fingerprint density at radius 2 is 0.970 bits per heavy atom. The van der Waals surface area contributed by atoms with Crippen LogP contribution in [-0.4, -0.2) is 33.6 Å². The number of hydrogen-bond donors (Lipinski definition) is 0. The normalized spacial score (nSPS) is 14.7. The lowest BCUT2D eigenvalue weighted by Gasteiger charge is -2.39. The van der Waals surface area contributed by atoms with E-state index in [4.69, 9.17) is 21.3 Å². The van der Waals surface area contributed by atoms with Gasteiger partial charge in [0.1, 0.15) is 11.5 Å². The van der Waals surface area contributed by atoms with E-state index < -0.39 is 5.41 Å². The fraction of sp³-hybridized carbons (Fsp3) is 0.0172. The molecule has 1 unspecified atom stereocenters. The maximum atomic E-state index is 7.78. The Bertz CT molecular complexity index is 4310. The van der Waals surface area contributed by atoms with E-state index >= 15 is 0 Å². The number of para-hydroxylation sites is 3. The molecule has 1 spiro atoms. The lowest BCUT2D eigenvalue weighted by Crippen LogP contribution is -2.32. The number of pyridine rings is 4. The Morgan fingerprint density at radius 3 is 1.75 bits per heavy atom. The molecule has 7 aromatic heterocycles. The Labute approximate surface area is 381 Å². The summed E-state index contributed by atoms with van der Waals surface area (Å²) in [6, 6.07) is 55.4. The SMILES string of the molecule is [C-]#[N+]c1ccc2c(c1)c1ccccc1n2-c1cnc2c(c1)C1(c3ccccc3Oc3ccc(-n4c5ccccc5c5cc(-n6c7cnccc7c7ccncc76)ccc54)cc31)c1cccnc1-2. The van der Waals surface area contributed by atoms with Crippen molar-refractivity contribution in [2.75, 3.05) is 0 Å². The summed E-state index contributed by atoms with van der Waals surface area (Å²) < 4.78 is 13.8. The van der Waals surface area contributed by atoms with Crippen LogP contribution in [0.1, 0.15) is 22.3 Å². The summed E-state index contributed by atoms with van der Waals surface area (Å²) in [5, 5.41) is 6.66. The predicted octanol–water partition coefficient (Wildman–Crippen LogP) is 13.6. The van der Waals surface area contributed by atoms with Gasteiger partial charge >= 0.3 is 0 Å². The fourth-order valence-corrected chi connectivity index (χ4v) is 11.5. The van der Waals surface area contributed by atoms with Crippen LogP contribution in [0.15, 0.2) is 195 Å². The van der Waals surface area contributed by atoms with Crippen LogP contribution in [0.3, 0.4) is 0 Å². The Balaban J connectivity index is 0.990. The molecular formula is C58H32N8O. The highest BCUT2D eigenvalue weighted by molar-refractivity contribution is 6.13. The van der Waals surface area contributed by atoms with Gasteiger partial charge in [-0.2, -0.15) is 0 Å². The maximum Gasteiger partial charge on any atom is 0.188 e. The Morgan fingerprint density at radius 1 is 0.403 bits per heavy atom. The monoisotopic (exact) mass is 856 g/mol. The molecular weight excluding hydrogens is 825 g/mol. The topological polar surface area (TPSA) is 79.9 Å². The highest BCUT2D eigenvalue weighted by Crippen LogP contribution is 2.62. The van der Waals surface area contributed by atoms with Gasteiger partial charge < -0.3 is 18.4 Å². The molecule has 310 valence electrons. The van der Waals surface area contributed by atoms with Gasteiger partial charge in [-0.25, -0.2) is 4.85 Å². The van der Waals surface area contributed by atoms with Gasteiger partial charge in [-0.15, -0.1) is 0 Å². The van der Waals surface area contributed by atoms with E-state index in [2.05, 4.69) is 162 Å². The van der Waals surface area contributed by atoms with Crippen LogP contribution in [0.25, 0.3) is 98.7 Å². The summed E-state index contributed by atoms with van der Waals surface area (Å²) in [4.78, 5) is 23.2. The zero-order valence-electron chi connectivity index (χ0n) is 35.5. The summed E-state index contributed by atoms with van der Waals surface area (Å²) in [6.45, 7) is 7.78. The molecule has 0 N–H and O–H groups in total. The molecule has 13 aromatic rings. The van der Waals surface area contributed by atoms with E-state index in [1.165, 1.54) is 0 Å².